The standard InChI is InChI=1S/C15H14F2O/c1-10-4-2-5-11(8-10)15(18)9-12-13(16)6-3-7-14(12)17/h2-8,15,18H,9H2,1H3. The predicted octanol–water partition coefficient (Wildman–Crippen LogP) is 3.55. The summed E-state index contributed by atoms with van der Waals surface area (Å²) < 4.78 is 26.9. The highest BCUT2D eigenvalue weighted by Crippen LogP contribution is 2.22. The third kappa shape index (κ3) is 2.74. The Kier molecular flexibility index (Phi) is 3.72. The second-order valence-corrected chi connectivity index (χ2v) is 4.33. The molecular weight excluding hydrogens is 234 g/mol. The number of aliphatic hydroxyl groups excluding tert-OH is 1. The van der Waals surface area contributed by atoms with Crippen LogP contribution < -0.4 is 0 Å². The fraction of sp³-hybridized carbons (Fsp3) is 0.200. The van der Waals surface area contributed by atoms with Gasteiger partial charge in [0.2, 0.25) is 0 Å². The molecule has 2 aromatic carbocycles. The van der Waals surface area contributed by atoms with Crippen molar-refractivity contribution in [2.45, 2.75) is 19.4 Å². The van der Waals surface area contributed by atoms with Crippen molar-refractivity contribution in [3.63, 3.8) is 0 Å². The van der Waals surface area contributed by atoms with Crippen LogP contribution in [-0.2, 0) is 6.42 Å². The summed E-state index contributed by atoms with van der Waals surface area (Å²) in [5.74, 6) is -1.25. The van der Waals surface area contributed by atoms with Crippen LogP contribution in [0.2, 0.25) is 0 Å². The number of halogens is 2. The van der Waals surface area contributed by atoms with Gasteiger partial charge in [0.1, 0.15) is 11.6 Å². The van der Waals surface area contributed by atoms with Crippen molar-refractivity contribution in [1.29, 1.82) is 0 Å². The van der Waals surface area contributed by atoms with E-state index in [0.717, 1.165) is 5.56 Å². The van der Waals surface area contributed by atoms with Gasteiger partial charge >= 0.3 is 0 Å². The second kappa shape index (κ2) is 5.27. The molecule has 1 nitrogen and oxygen atoms in total. The van der Waals surface area contributed by atoms with Gasteiger partial charge in [-0.25, -0.2) is 8.78 Å². The fourth-order valence-electron chi connectivity index (χ4n) is 1.92. The number of aliphatic hydroxyl groups is 1. The molecular formula is C15H14F2O. The first kappa shape index (κ1) is 12.7. The first-order chi connectivity index (χ1) is 8.58. The molecule has 0 aliphatic carbocycles. The first-order valence-electron chi connectivity index (χ1n) is 5.75. The molecule has 1 atom stereocenters. The van der Waals surface area contributed by atoms with Crippen LogP contribution in [0.4, 0.5) is 8.78 Å². The molecule has 0 aromatic heterocycles. The Morgan fingerprint density at radius 1 is 1.06 bits per heavy atom. The van der Waals surface area contributed by atoms with Crippen LogP contribution in [0.5, 0.6) is 0 Å². The van der Waals surface area contributed by atoms with E-state index in [1.165, 1.54) is 18.2 Å². The first-order valence-corrected chi connectivity index (χ1v) is 5.75. The van der Waals surface area contributed by atoms with Gasteiger partial charge in [0.25, 0.3) is 0 Å². The molecule has 0 aliphatic rings. The van der Waals surface area contributed by atoms with E-state index in [-0.39, 0.29) is 12.0 Å². The molecule has 0 radical (unpaired) electrons. The van der Waals surface area contributed by atoms with Gasteiger partial charge in [-0.1, -0.05) is 35.9 Å². The third-order valence-corrected chi connectivity index (χ3v) is 2.89. The van der Waals surface area contributed by atoms with Crippen LogP contribution in [0.1, 0.15) is 22.8 Å². The van der Waals surface area contributed by atoms with E-state index in [4.69, 9.17) is 0 Å². The van der Waals surface area contributed by atoms with Crippen LogP contribution in [0.15, 0.2) is 42.5 Å². The lowest BCUT2D eigenvalue weighted by molar-refractivity contribution is 0.175. The minimum absolute atomic E-state index is 0.0675. The maximum absolute atomic E-state index is 13.5. The van der Waals surface area contributed by atoms with Crippen LogP contribution in [0.3, 0.4) is 0 Å². The van der Waals surface area contributed by atoms with Gasteiger partial charge in [-0.15, -0.1) is 0 Å². The summed E-state index contributed by atoms with van der Waals surface area (Å²) in [4.78, 5) is 0. The highest BCUT2D eigenvalue weighted by Gasteiger charge is 2.15. The maximum atomic E-state index is 13.5. The predicted molar refractivity (Wildman–Crippen MR) is 66.2 cm³/mol. The highest BCUT2D eigenvalue weighted by atomic mass is 19.1. The van der Waals surface area contributed by atoms with Gasteiger partial charge in [0, 0.05) is 12.0 Å². The molecule has 0 saturated carbocycles. The summed E-state index contributed by atoms with van der Waals surface area (Å²) in [5, 5.41) is 10.0. The zero-order valence-corrected chi connectivity index (χ0v) is 10.0. The van der Waals surface area contributed by atoms with Crippen LogP contribution in [-0.4, -0.2) is 5.11 Å². The van der Waals surface area contributed by atoms with E-state index < -0.39 is 17.7 Å². The third-order valence-electron chi connectivity index (χ3n) is 2.89. The van der Waals surface area contributed by atoms with Crippen LogP contribution in [0, 0.1) is 18.6 Å². The second-order valence-electron chi connectivity index (χ2n) is 4.33. The molecule has 0 aliphatic heterocycles. The Hall–Kier alpha value is -1.74. The Balaban J connectivity index is 2.24. The molecule has 2 rings (SSSR count). The number of benzene rings is 2. The molecule has 0 bridgehead atoms. The van der Waals surface area contributed by atoms with Crippen LogP contribution in [0.25, 0.3) is 0 Å². The summed E-state index contributed by atoms with van der Waals surface area (Å²) >= 11 is 0. The summed E-state index contributed by atoms with van der Waals surface area (Å²) in [6, 6.07) is 11.0. The summed E-state index contributed by atoms with van der Waals surface area (Å²) in [5.41, 5.74) is 1.59. The largest absolute Gasteiger partial charge is 0.388 e. The molecule has 0 amide bonds. The number of hydrogen-bond donors (Lipinski definition) is 1. The van der Waals surface area contributed by atoms with Crippen molar-refractivity contribution in [1.82, 2.24) is 0 Å². The molecule has 94 valence electrons. The average molecular weight is 248 g/mol. The number of hydrogen-bond acceptors (Lipinski definition) is 1. The van der Waals surface area contributed by atoms with Crippen LogP contribution >= 0.6 is 0 Å². The summed E-state index contributed by atoms with van der Waals surface area (Å²) in [7, 11) is 0. The van der Waals surface area contributed by atoms with Crippen molar-refractivity contribution < 1.29 is 13.9 Å². The Morgan fingerprint density at radius 2 is 1.67 bits per heavy atom. The van der Waals surface area contributed by atoms with Crippen molar-refractivity contribution >= 4 is 0 Å². The molecule has 3 heteroatoms. The molecule has 0 saturated heterocycles. The molecule has 1 unspecified atom stereocenters. The van der Waals surface area contributed by atoms with E-state index in [1.807, 2.05) is 25.1 Å². The van der Waals surface area contributed by atoms with Gasteiger partial charge in [-0.2, -0.15) is 0 Å². The smallest absolute Gasteiger partial charge is 0.129 e. The zero-order chi connectivity index (χ0) is 13.1. The average Bonchev–Trinajstić information content (AvgIpc) is 2.34. The molecule has 18 heavy (non-hydrogen) atoms. The maximum Gasteiger partial charge on any atom is 0.129 e. The van der Waals surface area contributed by atoms with E-state index in [9.17, 15) is 13.9 Å². The molecule has 2 aromatic rings. The Bertz CT molecular complexity index is 532. The normalized spacial score (nSPS) is 12.4. The van der Waals surface area contributed by atoms with Gasteiger partial charge < -0.3 is 5.11 Å². The topological polar surface area (TPSA) is 20.2 Å². The monoisotopic (exact) mass is 248 g/mol. The van der Waals surface area contributed by atoms with E-state index >= 15 is 0 Å². The number of rotatable bonds is 3. The SMILES string of the molecule is Cc1cccc(C(O)Cc2c(F)cccc2F)c1. The molecule has 0 fully saturated rings. The highest BCUT2D eigenvalue weighted by molar-refractivity contribution is 5.27. The van der Waals surface area contributed by atoms with E-state index in [1.54, 1.807) is 6.07 Å². The van der Waals surface area contributed by atoms with Crippen molar-refractivity contribution in [3.8, 4) is 0 Å². The lowest BCUT2D eigenvalue weighted by Gasteiger charge is -2.13. The molecule has 1 N–H and O–H groups in total. The van der Waals surface area contributed by atoms with Crippen molar-refractivity contribution in [2.24, 2.45) is 0 Å². The number of aryl methyl sites for hydroxylation is 1. The lowest BCUT2D eigenvalue weighted by atomic mass is 9.99. The lowest BCUT2D eigenvalue weighted by Crippen LogP contribution is -2.05. The minimum atomic E-state index is -0.906. The van der Waals surface area contributed by atoms with E-state index in [2.05, 4.69) is 0 Å². The Labute approximate surface area is 105 Å². The summed E-state index contributed by atoms with van der Waals surface area (Å²) in [6.07, 6.45) is -0.974. The fourth-order valence-corrected chi connectivity index (χ4v) is 1.92. The van der Waals surface area contributed by atoms with Gasteiger partial charge in [0.05, 0.1) is 6.10 Å². The van der Waals surface area contributed by atoms with Gasteiger partial charge in [-0.05, 0) is 24.6 Å². The van der Waals surface area contributed by atoms with E-state index in [0.29, 0.717) is 5.56 Å². The molecule has 0 heterocycles. The van der Waals surface area contributed by atoms with Crippen molar-refractivity contribution in [3.05, 3.63) is 70.8 Å². The summed E-state index contributed by atoms with van der Waals surface area (Å²) in [6.45, 7) is 1.90. The van der Waals surface area contributed by atoms with Crippen molar-refractivity contribution in [2.75, 3.05) is 0 Å². The van der Waals surface area contributed by atoms with Gasteiger partial charge in [-0.3, -0.25) is 0 Å². The minimum Gasteiger partial charge on any atom is -0.388 e. The Morgan fingerprint density at radius 3 is 2.28 bits per heavy atom. The molecule has 0 spiro atoms. The van der Waals surface area contributed by atoms with Gasteiger partial charge in [0.15, 0.2) is 0 Å². The zero-order valence-electron chi connectivity index (χ0n) is 10.0. The quantitative estimate of drug-likeness (QED) is 0.880.